The first-order valence-corrected chi connectivity index (χ1v) is 7.00. The first-order valence-electron chi connectivity index (χ1n) is 6.02. The van der Waals surface area contributed by atoms with Gasteiger partial charge in [0.05, 0.1) is 0 Å². The number of rotatable bonds is 9. The number of hydrogen-bond donors (Lipinski definition) is 1. The lowest BCUT2D eigenvalue weighted by Gasteiger charge is -2.03. The van der Waals surface area contributed by atoms with Crippen LogP contribution < -0.4 is 5.32 Å². The van der Waals surface area contributed by atoms with Gasteiger partial charge in [-0.2, -0.15) is 0 Å². The van der Waals surface area contributed by atoms with E-state index in [4.69, 9.17) is 0 Å². The van der Waals surface area contributed by atoms with Gasteiger partial charge >= 0.3 is 0 Å². The van der Waals surface area contributed by atoms with E-state index in [0.717, 1.165) is 24.0 Å². The van der Waals surface area contributed by atoms with Gasteiger partial charge in [0.2, 0.25) is 0 Å². The Hall–Kier alpha value is -0.550. The Morgan fingerprint density at radius 1 is 1.31 bits per heavy atom. The second kappa shape index (κ2) is 8.58. The van der Waals surface area contributed by atoms with E-state index in [1.165, 1.54) is 25.7 Å². The second-order valence-corrected chi connectivity index (χ2v) is 4.95. The standard InChI is InChI=1S/C11H22N4S/c1-3-4-5-6-7-12-8-9-16-11-14-13-10-15(11)2/h10,12H,3-9H2,1-2H3. The Balaban J connectivity index is 1.91. The smallest absolute Gasteiger partial charge is 0.190 e. The summed E-state index contributed by atoms with van der Waals surface area (Å²) < 4.78 is 1.95. The molecule has 1 heterocycles. The van der Waals surface area contributed by atoms with Crippen molar-refractivity contribution in [3.8, 4) is 0 Å². The van der Waals surface area contributed by atoms with Gasteiger partial charge in [0, 0.05) is 19.3 Å². The van der Waals surface area contributed by atoms with E-state index in [-0.39, 0.29) is 0 Å². The molecule has 1 aromatic heterocycles. The van der Waals surface area contributed by atoms with E-state index in [0.29, 0.717) is 0 Å². The predicted octanol–water partition coefficient (Wildman–Crippen LogP) is 2.08. The molecule has 0 atom stereocenters. The van der Waals surface area contributed by atoms with Crippen LogP contribution in [0.5, 0.6) is 0 Å². The predicted molar refractivity (Wildman–Crippen MR) is 68.7 cm³/mol. The van der Waals surface area contributed by atoms with Gasteiger partial charge in [-0.1, -0.05) is 37.9 Å². The van der Waals surface area contributed by atoms with E-state index >= 15 is 0 Å². The molecule has 0 radical (unpaired) electrons. The molecular formula is C11H22N4S. The molecule has 0 aromatic carbocycles. The maximum Gasteiger partial charge on any atom is 0.190 e. The Morgan fingerprint density at radius 3 is 2.88 bits per heavy atom. The number of thioether (sulfide) groups is 1. The van der Waals surface area contributed by atoms with Crippen LogP contribution in [-0.4, -0.2) is 33.6 Å². The molecule has 0 aliphatic rings. The van der Waals surface area contributed by atoms with Crippen LogP contribution in [0.15, 0.2) is 11.5 Å². The third-order valence-corrected chi connectivity index (χ3v) is 3.42. The molecule has 0 saturated heterocycles. The molecule has 92 valence electrons. The van der Waals surface area contributed by atoms with Crippen LogP contribution >= 0.6 is 11.8 Å². The zero-order chi connectivity index (χ0) is 11.6. The Bertz CT molecular complexity index is 275. The Morgan fingerprint density at radius 2 is 2.19 bits per heavy atom. The summed E-state index contributed by atoms with van der Waals surface area (Å²) in [6.45, 7) is 4.42. The van der Waals surface area contributed by atoms with Crippen molar-refractivity contribution in [1.82, 2.24) is 20.1 Å². The monoisotopic (exact) mass is 242 g/mol. The van der Waals surface area contributed by atoms with E-state index in [9.17, 15) is 0 Å². The van der Waals surface area contributed by atoms with Gasteiger partial charge < -0.3 is 9.88 Å². The second-order valence-electron chi connectivity index (χ2n) is 3.88. The van der Waals surface area contributed by atoms with E-state index in [1.54, 1.807) is 18.1 Å². The Kier molecular flexibility index (Phi) is 7.25. The number of nitrogens with zero attached hydrogens (tertiary/aromatic N) is 3. The van der Waals surface area contributed by atoms with E-state index in [2.05, 4.69) is 22.4 Å². The molecular weight excluding hydrogens is 220 g/mol. The fourth-order valence-electron chi connectivity index (χ4n) is 1.42. The SMILES string of the molecule is CCCCCCNCCSc1nncn1C. The van der Waals surface area contributed by atoms with Crippen molar-refractivity contribution in [2.24, 2.45) is 7.05 Å². The maximum absolute atomic E-state index is 4.02. The van der Waals surface area contributed by atoms with Crippen LogP contribution in [0.25, 0.3) is 0 Å². The third-order valence-electron chi connectivity index (χ3n) is 2.39. The topological polar surface area (TPSA) is 42.7 Å². The normalized spacial score (nSPS) is 10.9. The summed E-state index contributed by atoms with van der Waals surface area (Å²) in [4.78, 5) is 0. The first kappa shape index (κ1) is 13.5. The van der Waals surface area contributed by atoms with Crippen LogP contribution in [0.1, 0.15) is 32.6 Å². The van der Waals surface area contributed by atoms with Crippen LogP contribution in [0.4, 0.5) is 0 Å². The minimum atomic E-state index is 0.993. The summed E-state index contributed by atoms with van der Waals surface area (Å²) in [5.74, 6) is 1.06. The van der Waals surface area contributed by atoms with Gasteiger partial charge in [0.25, 0.3) is 0 Å². The summed E-state index contributed by atoms with van der Waals surface area (Å²) >= 11 is 1.75. The molecule has 0 spiro atoms. The molecule has 0 aliphatic heterocycles. The summed E-state index contributed by atoms with van der Waals surface area (Å²) in [5.41, 5.74) is 0. The van der Waals surface area contributed by atoms with E-state index in [1.807, 2.05) is 11.6 Å². The first-order chi connectivity index (χ1) is 7.84. The molecule has 0 aliphatic carbocycles. The molecule has 0 fully saturated rings. The van der Waals surface area contributed by atoms with Gasteiger partial charge in [0.15, 0.2) is 5.16 Å². The molecule has 1 aromatic rings. The van der Waals surface area contributed by atoms with Crippen molar-refractivity contribution >= 4 is 11.8 Å². The lowest BCUT2D eigenvalue weighted by Crippen LogP contribution is -2.18. The molecule has 4 nitrogen and oxygen atoms in total. The van der Waals surface area contributed by atoms with Crippen LogP contribution in [0, 0.1) is 0 Å². The van der Waals surface area contributed by atoms with Gasteiger partial charge in [0.1, 0.15) is 6.33 Å². The summed E-state index contributed by atoms with van der Waals surface area (Å²) in [5, 5.41) is 12.3. The molecule has 0 bridgehead atoms. The molecule has 0 unspecified atom stereocenters. The zero-order valence-electron chi connectivity index (χ0n) is 10.3. The van der Waals surface area contributed by atoms with Crippen molar-refractivity contribution in [2.45, 2.75) is 37.8 Å². The highest BCUT2D eigenvalue weighted by atomic mass is 32.2. The highest BCUT2D eigenvalue weighted by molar-refractivity contribution is 7.99. The quantitative estimate of drug-likeness (QED) is 0.532. The lowest BCUT2D eigenvalue weighted by molar-refractivity contribution is 0.612. The van der Waals surface area contributed by atoms with Crippen LogP contribution in [0.2, 0.25) is 0 Å². The Labute approximate surface area is 102 Å². The van der Waals surface area contributed by atoms with Gasteiger partial charge in [-0.15, -0.1) is 10.2 Å². The van der Waals surface area contributed by atoms with Crippen molar-refractivity contribution in [3.63, 3.8) is 0 Å². The number of nitrogens with one attached hydrogen (secondary N) is 1. The average molecular weight is 242 g/mol. The minimum Gasteiger partial charge on any atom is -0.316 e. The van der Waals surface area contributed by atoms with Crippen LogP contribution in [0.3, 0.4) is 0 Å². The molecule has 5 heteroatoms. The third kappa shape index (κ3) is 5.51. The molecule has 16 heavy (non-hydrogen) atoms. The van der Waals surface area contributed by atoms with Crippen molar-refractivity contribution in [3.05, 3.63) is 6.33 Å². The summed E-state index contributed by atoms with van der Waals surface area (Å²) in [7, 11) is 1.97. The molecule has 0 amide bonds. The van der Waals surface area contributed by atoms with Crippen molar-refractivity contribution in [2.75, 3.05) is 18.8 Å². The van der Waals surface area contributed by atoms with Gasteiger partial charge in [-0.3, -0.25) is 0 Å². The fraction of sp³-hybridized carbons (Fsp3) is 0.818. The zero-order valence-corrected chi connectivity index (χ0v) is 11.1. The van der Waals surface area contributed by atoms with Crippen molar-refractivity contribution < 1.29 is 0 Å². The van der Waals surface area contributed by atoms with Gasteiger partial charge in [-0.25, -0.2) is 0 Å². The number of unbranched alkanes of at least 4 members (excludes halogenated alkanes) is 3. The van der Waals surface area contributed by atoms with E-state index < -0.39 is 0 Å². The largest absolute Gasteiger partial charge is 0.316 e. The number of aromatic nitrogens is 3. The van der Waals surface area contributed by atoms with Gasteiger partial charge in [-0.05, 0) is 13.0 Å². The highest BCUT2D eigenvalue weighted by Gasteiger charge is 1.99. The number of hydrogen-bond acceptors (Lipinski definition) is 4. The molecule has 0 saturated carbocycles. The number of aryl methyl sites for hydroxylation is 1. The summed E-state index contributed by atoms with van der Waals surface area (Å²) in [6.07, 6.45) is 7.04. The minimum absolute atomic E-state index is 0.993. The molecule has 1 N–H and O–H groups in total. The average Bonchev–Trinajstić information content (AvgIpc) is 2.68. The lowest BCUT2D eigenvalue weighted by atomic mass is 10.2. The maximum atomic E-state index is 4.02. The van der Waals surface area contributed by atoms with Crippen molar-refractivity contribution in [1.29, 1.82) is 0 Å². The summed E-state index contributed by atoms with van der Waals surface area (Å²) in [6, 6.07) is 0. The van der Waals surface area contributed by atoms with Crippen LogP contribution in [-0.2, 0) is 7.05 Å². The fourth-order valence-corrected chi connectivity index (χ4v) is 2.20. The molecule has 1 rings (SSSR count). The highest BCUT2D eigenvalue weighted by Crippen LogP contribution is 2.11.